The Balaban J connectivity index is 1.65. The number of rotatable bonds is 11. The maximum absolute atomic E-state index is 11.8. The molecule has 0 fully saturated rings. The summed E-state index contributed by atoms with van der Waals surface area (Å²) in [5.41, 5.74) is -0.419. The van der Waals surface area contributed by atoms with Crippen LogP contribution in [0.15, 0.2) is 47.4 Å². The average molecular weight is 389 g/mol. The summed E-state index contributed by atoms with van der Waals surface area (Å²) >= 11 is 0. The predicted octanol–water partition coefficient (Wildman–Crippen LogP) is 2.13. The van der Waals surface area contributed by atoms with Crippen LogP contribution in [0, 0.1) is 10.1 Å². The van der Waals surface area contributed by atoms with Gasteiger partial charge in [-0.3, -0.25) is 19.7 Å². The molecule has 0 spiro atoms. The molecular weight excluding hydrogens is 366 g/mol. The Hall–Kier alpha value is -3.36. The minimum absolute atomic E-state index is 0.0989. The van der Waals surface area contributed by atoms with Crippen molar-refractivity contribution < 1.29 is 19.2 Å². The maximum Gasteiger partial charge on any atom is 0.285 e. The maximum atomic E-state index is 11.8. The molecule has 0 aliphatic rings. The van der Waals surface area contributed by atoms with Gasteiger partial charge in [0.2, 0.25) is 0 Å². The van der Waals surface area contributed by atoms with Crippen LogP contribution in [0.3, 0.4) is 0 Å². The molecule has 0 aliphatic carbocycles. The van der Waals surface area contributed by atoms with E-state index in [1.54, 1.807) is 24.3 Å². The zero-order chi connectivity index (χ0) is 20.4. The van der Waals surface area contributed by atoms with E-state index in [-0.39, 0.29) is 23.8 Å². The van der Waals surface area contributed by atoms with Gasteiger partial charge in [0.25, 0.3) is 17.2 Å². The molecule has 1 heterocycles. The molecule has 0 saturated heterocycles. The van der Waals surface area contributed by atoms with Crippen molar-refractivity contribution in [3.8, 4) is 11.5 Å². The first-order valence-corrected chi connectivity index (χ1v) is 8.97. The second kappa shape index (κ2) is 10.7. The smallest absolute Gasteiger partial charge is 0.285 e. The van der Waals surface area contributed by atoms with Crippen molar-refractivity contribution in [1.82, 2.24) is 9.88 Å². The van der Waals surface area contributed by atoms with Gasteiger partial charge < -0.3 is 19.4 Å². The van der Waals surface area contributed by atoms with Gasteiger partial charge in [-0.2, -0.15) is 0 Å². The first kappa shape index (κ1) is 20.9. The van der Waals surface area contributed by atoms with Crippen molar-refractivity contribution >= 4 is 11.6 Å². The lowest BCUT2D eigenvalue weighted by Crippen LogP contribution is -2.30. The van der Waals surface area contributed by atoms with Gasteiger partial charge in [0, 0.05) is 25.2 Å². The van der Waals surface area contributed by atoms with Crippen molar-refractivity contribution in [2.45, 2.75) is 26.3 Å². The fourth-order valence-electron chi connectivity index (χ4n) is 2.44. The molecular formula is C19H23N3O6. The molecule has 28 heavy (non-hydrogen) atoms. The molecule has 9 heteroatoms. The molecule has 1 aromatic carbocycles. The number of nitro groups is 1. The summed E-state index contributed by atoms with van der Waals surface area (Å²) in [6, 6.07) is 9.37. The summed E-state index contributed by atoms with van der Waals surface area (Å²) in [6.07, 6.45) is 2.45. The number of aryl methyl sites for hydroxylation is 1. The van der Waals surface area contributed by atoms with Crippen molar-refractivity contribution in [1.29, 1.82) is 0 Å². The van der Waals surface area contributed by atoms with E-state index in [1.807, 2.05) is 6.92 Å². The number of ether oxygens (including phenoxy) is 2. The van der Waals surface area contributed by atoms with E-state index in [0.29, 0.717) is 38.3 Å². The van der Waals surface area contributed by atoms with Gasteiger partial charge >= 0.3 is 0 Å². The van der Waals surface area contributed by atoms with Gasteiger partial charge in [0.1, 0.15) is 11.5 Å². The van der Waals surface area contributed by atoms with E-state index >= 15 is 0 Å². The van der Waals surface area contributed by atoms with E-state index in [1.165, 1.54) is 22.9 Å². The second-order valence-electron chi connectivity index (χ2n) is 5.93. The quantitative estimate of drug-likeness (QED) is 0.358. The van der Waals surface area contributed by atoms with Crippen LogP contribution < -0.4 is 20.3 Å². The summed E-state index contributed by atoms with van der Waals surface area (Å²) in [5, 5.41) is 13.5. The van der Waals surface area contributed by atoms with E-state index in [2.05, 4.69) is 5.32 Å². The molecule has 9 nitrogen and oxygen atoms in total. The van der Waals surface area contributed by atoms with Gasteiger partial charge in [-0.1, -0.05) is 0 Å². The lowest BCUT2D eigenvalue weighted by Gasteiger charge is -2.09. The molecule has 1 N–H and O–H groups in total. The molecule has 0 atom stereocenters. The number of nitrogens with one attached hydrogen (secondary N) is 1. The van der Waals surface area contributed by atoms with Crippen molar-refractivity contribution in [3.63, 3.8) is 0 Å². The number of benzene rings is 1. The highest BCUT2D eigenvalue weighted by Gasteiger charge is 2.07. The van der Waals surface area contributed by atoms with Crippen molar-refractivity contribution in [2.24, 2.45) is 0 Å². The fourth-order valence-corrected chi connectivity index (χ4v) is 2.44. The van der Waals surface area contributed by atoms with Crippen LogP contribution in [-0.4, -0.2) is 35.2 Å². The molecule has 1 aromatic heterocycles. The number of unbranched alkanes of at least 4 members (excludes halogenated alkanes) is 1. The highest BCUT2D eigenvalue weighted by molar-refractivity contribution is 5.77. The van der Waals surface area contributed by atoms with E-state index < -0.39 is 4.92 Å². The van der Waals surface area contributed by atoms with Crippen molar-refractivity contribution in [2.75, 3.05) is 19.8 Å². The zero-order valence-corrected chi connectivity index (χ0v) is 15.6. The molecule has 0 radical (unpaired) electrons. The Morgan fingerprint density at radius 1 is 1.11 bits per heavy atom. The van der Waals surface area contributed by atoms with Crippen LogP contribution in [0.1, 0.15) is 19.8 Å². The van der Waals surface area contributed by atoms with E-state index in [0.717, 1.165) is 5.75 Å². The lowest BCUT2D eigenvalue weighted by atomic mass is 10.3. The van der Waals surface area contributed by atoms with Crippen LogP contribution in [0.5, 0.6) is 11.5 Å². The first-order valence-electron chi connectivity index (χ1n) is 8.97. The molecule has 1 amide bonds. The second-order valence-corrected chi connectivity index (χ2v) is 5.93. The van der Waals surface area contributed by atoms with Crippen LogP contribution >= 0.6 is 0 Å². The third kappa shape index (κ3) is 6.75. The van der Waals surface area contributed by atoms with Crippen molar-refractivity contribution in [3.05, 3.63) is 63.1 Å². The zero-order valence-electron chi connectivity index (χ0n) is 15.6. The molecule has 2 rings (SSSR count). The Kier molecular flexibility index (Phi) is 8.01. The number of amides is 1. The monoisotopic (exact) mass is 389 g/mol. The van der Waals surface area contributed by atoms with E-state index in [9.17, 15) is 19.7 Å². The summed E-state index contributed by atoms with van der Waals surface area (Å²) in [5.74, 6) is 1.06. The highest BCUT2D eigenvalue weighted by atomic mass is 16.6. The number of nitrogens with zero attached hydrogens (tertiary/aromatic N) is 2. The van der Waals surface area contributed by atoms with Gasteiger partial charge in [-0.25, -0.2) is 0 Å². The Morgan fingerprint density at radius 3 is 2.43 bits per heavy atom. The fraction of sp³-hybridized carbons (Fsp3) is 0.368. The topological polar surface area (TPSA) is 113 Å². The minimum Gasteiger partial charge on any atom is -0.494 e. The largest absolute Gasteiger partial charge is 0.494 e. The van der Waals surface area contributed by atoms with E-state index in [4.69, 9.17) is 9.47 Å². The summed E-state index contributed by atoms with van der Waals surface area (Å²) in [4.78, 5) is 33.7. The number of pyridine rings is 1. The van der Waals surface area contributed by atoms with Gasteiger partial charge in [-0.05, 0) is 44.0 Å². The van der Waals surface area contributed by atoms with Gasteiger partial charge in [-0.15, -0.1) is 0 Å². The number of carbonyl (C=O) groups excluding carboxylic acids is 1. The lowest BCUT2D eigenvalue weighted by molar-refractivity contribution is -0.385. The van der Waals surface area contributed by atoms with Crippen LogP contribution in [0.2, 0.25) is 0 Å². The van der Waals surface area contributed by atoms with Crippen LogP contribution in [0.25, 0.3) is 0 Å². The molecule has 0 bridgehead atoms. The number of hydrogen-bond acceptors (Lipinski definition) is 6. The number of hydrogen-bond donors (Lipinski definition) is 1. The third-order valence-electron chi connectivity index (χ3n) is 3.83. The SMILES string of the molecule is CCOc1ccc(OCC(=O)NCCCCn2cc([N+](=O)[O-])ccc2=O)cc1. The van der Waals surface area contributed by atoms with Crippen LogP contribution in [0.4, 0.5) is 5.69 Å². The standard InChI is InChI=1S/C19H23N3O6/c1-2-27-16-6-8-17(9-7-16)28-14-18(23)20-11-3-4-12-21-13-15(22(25)26)5-10-19(21)24/h5-10,13H,2-4,11-12,14H2,1H3,(H,20,23). The molecule has 0 unspecified atom stereocenters. The summed E-state index contributed by atoms with van der Waals surface area (Å²) in [7, 11) is 0. The molecule has 2 aromatic rings. The highest BCUT2D eigenvalue weighted by Crippen LogP contribution is 2.17. The Bertz CT molecular complexity index is 847. The molecule has 0 saturated carbocycles. The normalized spacial score (nSPS) is 10.3. The number of carbonyl (C=O) groups is 1. The third-order valence-corrected chi connectivity index (χ3v) is 3.83. The molecule has 150 valence electrons. The van der Waals surface area contributed by atoms with Gasteiger partial charge in [0.15, 0.2) is 6.61 Å². The average Bonchev–Trinajstić information content (AvgIpc) is 2.68. The van der Waals surface area contributed by atoms with Crippen LogP contribution in [-0.2, 0) is 11.3 Å². The van der Waals surface area contributed by atoms with Gasteiger partial charge in [0.05, 0.1) is 17.7 Å². The summed E-state index contributed by atoms with van der Waals surface area (Å²) in [6.45, 7) is 3.15. The Labute approximate surface area is 162 Å². The molecule has 0 aliphatic heterocycles. The Morgan fingerprint density at radius 2 is 1.79 bits per heavy atom. The predicted molar refractivity (Wildman–Crippen MR) is 103 cm³/mol. The first-order chi connectivity index (χ1) is 13.5. The summed E-state index contributed by atoms with van der Waals surface area (Å²) < 4.78 is 12.0. The minimum atomic E-state index is -0.541. The number of aromatic nitrogens is 1.